The number of hydrogen-bond acceptors (Lipinski definition) is 5. The van der Waals surface area contributed by atoms with E-state index in [2.05, 4.69) is 43.0 Å². The summed E-state index contributed by atoms with van der Waals surface area (Å²) in [4.78, 5) is 30.1. The third-order valence-electron chi connectivity index (χ3n) is 7.48. The Balaban J connectivity index is 1.29. The number of carbonyl (C=O) groups excluding carboxylic acids is 1. The number of pyridine rings is 3. The molecule has 8 nitrogen and oxygen atoms in total. The Morgan fingerprint density at radius 2 is 1.89 bits per heavy atom. The Labute approximate surface area is 202 Å². The molecule has 0 radical (unpaired) electrons. The smallest absolute Gasteiger partial charge is 0.256 e. The first kappa shape index (κ1) is 20.3. The lowest BCUT2D eigenvalue weighted by atomic mass is 10.0. The largest absolute Gasteiger partial charge is 0.346 e. The van der Waals surface area contributed by atoms with E-state index in [0.29, 0.717) is 17.6 Å². The highest BCUT2D eigenvalue weighted by atomic mass is 16.2. The molecule has 0 aromatic carbocycles. The van der Waals surface area contributed by atoms with Crippen molar-refractivity contribution in [3.63, 3.8) is 0 Å². The minimum atomic E-state index is 0.0947. The summed E-state index contributed by atoms with van der Waals surface area (Å²) < 4.78 is 1.87. The van der Waals surface area contributed by atoms with Crippen molar-refractivity contribution in [3.8, 4) is 22.3 Å². The Morgan fingerprint density at radius 3 is 2.69 bits per heavy atom. The Hall–Kier alpha value is -4.04. The van der Waals surface area contributed by atoms with Crippen molar-refractivity contribution < 1.29 is 4.79 Å². The van der Waals surface area contributed by atoms with Gasteiger partial charge in [-0.25, -0.2) is 9.50 Å². The molecule has 1 amide bonds. The van der Waals surface area contributed by atoms with Gasteiger partial charge in [0.1, 0.15) is 5.65 Å². The van der Waals surface area contributed by atoms with Crippen LogP contribution in [0.15, 0.2) is 67.5 Å². The van der Waals surface area contributed by atoms with Crippen LogP contribution >= 0.6 is 0 Å². The number of likely N-dealkylation sites (tertiary alicyclic amines) is 1. The van der Waals surface area contributed by atoms with Crippen molar-refractivity contribution in [2.24, 2.45) is 0 Å². The molecule has 2 unspecified atom stereocenters. The molecule has 35 heavy (non-hydrogen) atoms. The molecule has 2 fully saturated rings. The zero-order chi connectivity index (χ0) is 23.5. The normalized spacial score (nSPS) is 20.2. The average Bonchev–Trinajstić information content (AvgIpc) is 3.57. The molecule has 2 atom stereocenters. The molecule has 5 aromatic rings. The molecule has 2 bridgehead atoms. The molecule has 1 N–H and O–H groups in total. The number of amides is 1. The topological polar surface area (TPSA) is 82.4 Å². The monoisotopic (exact) mass is 463 g/mol. The van der Waals surface area contributed by atoms with Gasteiger partial charge in [-0.15, -0.1) is 0 Å². The van der Waals surface area contributed by atoms with Gasteiger partial charge in [-0.05, 0) is 49.7 Å². The number of nitrogens with one attached hydrogen (secondary N) is 1. The van der Waals surface area contributed by atoms with Crippen LogP contribution in [0.4, 0.5) is 0 Å². The maximum absolute atomic E-state index is 13.6. The quantitative estimate of drug-likeness (QED) is 0.439. The van der Waals surface area contributed by atoms with Crippen LogP contribution in [0.2, 0.25) is 0 Å². The zero-order valence-corrected chi connectivity index (χ0v) is 19.4. The van der Waals surface area contributed by atoms with Crippen LogP contribution in [-0.4, -0.2) is 72.5 Å². The highest BCUT2D eigenvalue weighted by Crippen LogP contribution is 2.34. The van der Waals surface area contributed by atoms with Crippen LogP contribution < -0.4 is 0 Å². The van der Waals surface area contributed by atoms with Gasteiger partial charge >= 0.3 is 0 Å². The van der Waals surface area contributed by atoms with Gasteiger partial charge in [0.15, 0.2) is 0 Å². The van der Waals surface area contributed by atoms with E-state index in [1.807, 2.05) is 53.6 Å². The number of hydrogen-bond donors (Lipinski definition) is 1. The van der Waals surface area contributed by atoms with E-state index in [9.17, 15) is 4.79 Å². The minimum absolute atomic E-state index is 0.0947. The van der Waals surface area contributed by atoms with E-state index < -0.39 is 0 Å². The fourth-order valence-corrected chi connectivity index (χ4v) is 5.85. The van der Waals surface area contributed by atoms with Crippen LogP contribution in [0, 0.1) is 0 Å². The third kappa shape index (κ3) is 3.24. The van der Waals surface area contributed by atoms with Crippen molar-refractivity contribution in [1.29, 1.82) is 0 Å². The second kappa shape index (κ2) is 7.74. The van der Waals surface area contributed by atoms with E-state index in [0.717, 1.165) is 64.7 Å². The number of piperazine rings is 1. The molecule has 5 aromatic heterocycles. The van der Waals surface area contributed by atoms with Gasteiger partial charge in [0, 0.05) is 78.2 Å². The lowest BCUT2D eigenvalue weighted by Gasteiger charge is -2.39. The van der Waals surface area contributed by atoms with Crippen molar-refractivity contribution in [1.82, 2.24) is 34.4 Å². The second-order valence-electron chi connectivity index (χ2n) is 9.69. The molecule has 174 valence electrons. The van der Waals surface area contributed by atoms with Crippen LogP contribution in [0.25, 0.3) is 38.8 Å². The van der Waals surface area contributed by atoms with Gasteiger partial charge < -0.3 is 14.8 Å². The number of aromatic nitrogens is 5. The van der Waals surface area contributed by atoms with E-state index in [-0.39, 0.29) is 5.91 Å². The summed E-state index contributed by atoms with van der Waals surface area (Å²) in [5.74, 6) is 0.0947. The third-order valence-corrected chi connectivity index (χ3v) is 7.48. The number of nitrogens with zero attached hydrogens (tertiary/aromatic N) is 6. The first-order chi connectivity index (χ1) is 17.2. The molecule has 2 aliphatic heterocycles. The number of fused-ring (bicyclic) bond motifs is 4. The predicted octanol–water partition coefficient (Wildman–Crippen LogP) is 3.86. The number of aromatic amines is 1. The summed E-state index contributed by atoms with van der Waals surface area (Å²) in [5.41, 5.74) is 6.54. The summed E-state index contributed by atoms with van der Waals surface area (Å²) in [7, 11) is 2.14. The second-order valence-corrected chi connectivity index (χ2v) is 9.69. The number of carbonyl (C=O) groups is 1. The van der Waals surface area contributed by atoms with Crippen molar-refractivity contribution >= 4 is 22.5 Å². The molecule has 0 aliphatic carbocycles. The van der Waals surface area contributed by atoms with Gasteiger partial charge in [-0.3, -0.25) is 9.78 Å². The number of rotatable bonds is 3. The van der Waals surface area contributed by atoms with Gasteiger partial charge in [-0.1, -0.05) is 6.07 Å². The van der Waals surface area contributed by atoms with E-state index in [1.54, 1.807) is 12.4 Å². The molecule has 2 aliphatic rings. The van der Waals surface area contributed by atoms with Crippen molar-refractivity contribution in [3.05, 3.63) is 73.1 Å². The summed E-state index contributed by atoms with van der Waals surface area (Å²) >= 11 is 0. The van der Waals surface area contributed by atoms with Crippen LogP contribution in [0.5, 0.6) is 0 Å². The van der Waals surface area contributed by atoms with Crippen LogP contribution in [0.3, 0.4) is 0 Å². The van der Waals surface area contributed by atoms with Gasteiger partial charge in [0.05, 0.1) is 17.3 Å². The maximum Gasteiger partial charge on any atom is 0.256 e. The van der Waals surface area contributed by atoms with Crippen molar-refractivity contribution in [2.75, 3.05) is 20.1 Å². The zero-order valence-electron chi connectivity index (χ0n) is 19.4. The van der Waals surface area contributed by atoms with E-state index >= 15 is 0 Å². The highest BCUT2D eigenvalue weighted by Gasteiger charge is 2.41. The first-order valence-electron chi connectivity index (χ1n) is 12.0. The lowest BCUT2D eigenvalue weighted by molar-refractivity contribution is 0.0472. The SMILES string of the molecule is CN1CC2CCC(C1)N2C(=O)c1cnc2[nH]cc(-c3ccn4ncc(-c5cccnc5)c4c3)c2c1. The fraction of sp³-hybridized carbons (Fsp3) is 0.259. The molecule has 7 rings (SSSR count). The Bertz CT molecular complexity index is 1560. The Morgan fingerprint density at radius 1 is 1.03 bits per heavy atom. The van der Waals surface area contributed by atoms with Crippen molar-refractivity contribution in [2.45, 2.75) is 24.9 Å². The fourth-order valence-electron chi connectivity index (χ4n) is 5.85. The summed E-state index contributed by atoms with van der Waals surface area (Å²) in [6.45, 7) is 1.88. The Kier molecular flexibility index (Phi) is 4.50. The molecule has 7 heterocycles. The molecular formula is C27H25N7O. The van der Waals surface area contributed by atoms with Gasteiger partial charge in [-0.2, -0.15) is 5.10 Å². The van der Waals surface area contributed by atoms with Gasteiger partial charge in [0.25, 0.3) is 5.91 Å². The standard InChI is InChI=1S/C27H25N7O/c1-32-15-20-4-5-21(16-32)34(20)27(35)19-9-22-23(13-30-26(22)29-12-19)17-6-8-33-25(10-17)24(14-31-33)18-3-2-7-28-11-18/h2-3,6-14,20-21H,4-5,15-16H2,1H3,(H,29,30). The molecule has 8 heteroatoms. The van der Waals surface area contributed by atoms with E-state index in [4.69, 9.17) is 0 Å². The van der Waals surface area contributed by atoms with Gasteiger partial charge in [0.2, 0.25) is 0 Å². The highest BCUT2D eigenvalue weighted by molar-refractivity contribution is 6.02. The van der Waals surface area contributed by atoms with Crippen LogP contribution in [-0.2, 0) is 0 Å². The average molecular weight is 464 g/mol. The number of likely N-dealkylation sites (N-methyl/N-ethyl adjacent to an activating group) is 1. The molecule has 0 saturated carbocycles. The summed E-state index contributed by atoms with van der Waals surface area (Å²) in [6.07, 6.45) is 13.3. The molecule has 2 saturated heterocycles. The molecular weight excluding hydrogens is 438 g/mol. The molecule has 0 spiro atoms. The van der Waals surface area contributed by atoms with E-state index in [1.165, 1.54) is 0 Å². The first-order valence-corrected chi connectivity index (χ1v) is 12.0. The summed E-state index contributed by atoms with van der Waals surface area (Å²) in [5, 5.41) is 5.46. The van der Waals surface area contributed by atoms with Crippen LogP contribution in [0.1, 0.15) is 23.2 Å². The maximum atomic E-state index is 13.6. The lowest BCUT2D eigenvalue weighted by Crippen LogP contribution is -2.54. The number of H-pyrrole nitrogens is 1. The predicted molar refractivity (Wildman–Crippen MR) is 134 cm³/mol. The minimum Gasteiger partial charge on any atom is -0.346 e. The summed E-state index contributed by atoms with van der Waals surface area (Å²) in [6, 6.07) is 10.7.